The van der Waals surface area contributed by atoms with Crippen LogP contribution in [0.2, 0.25) is 0 Å². The predicted octanol–water partition coefficient (Wildman–Crippen LogP) is 3.69. The fraction of sp³-hybridized carbons (Fsp3) is 0.333. The summed E-state index contributed by atoms with van der Waals surface area (Å²) in [5, 5.41) is 10.3. The molecule has 0 bridgehead atoms. The summed E-state index contributed by atoms with van der Waals surface area (Å²) in [5.41, 5.74) is 1.64. The predicted molar refractivity (Wildman–Crippen MR) is 107 cm³/mol. The molecule has 144 valence electrons. The Kier molecular flexibility index (Phi) is 8.34. The van der Waals surface area contributed by atoms with Crippen molar-refractivity contribution in [3.05, 3.63) is 47.5 Å². The van der Waals surface area contributed by atoms with Gasteiger partial charge in [-0.2, -0.15) is 0 Å². The second kappa shape index (κ2) is 10.7. The largest absolute Gasteiger partial charge is 0.493 e. The minimum absolute atomic E-state index is 0.228. The molecule has 1 unspecified atom stereocenters. The fourth-order valence-electron chi connectivity index (χ4n) is 2.42. The summed E-state index contributed by atoms with van der Waals surface area (Å²) in [6.07, 6.45) is 1.06. The van der Waals surface area contributed by atoms with Gasteiger partial charge in [-0.3, -0.25) is 0 Å². The van der Waals surface area contributed by atoms with Crippen molar-refractivity contribution in [3.63, 3.8) is 0 Å². The summed E-state index contributed by atoms with van der Waals surface area (Å²) in [5.74, 6) is 7.02. The zero-order valence-corrected chi connectivity index (χ0v) is 16.8. The molecule has 0 spiro atoms. The number of ether oxygens (including phenoxy) is 4. The van der Waals surface area contributed by atoms with Crippen LogP contribution in [-0.2, 0) is 11.3 Å². The normalized spacial score (nSPS) is 11.3. The van der Waals surface area contributed by atoms with E-state index in [9.17, 15) is 5.11 Å². The molecule has 27 heavy (non-hydrogen) atoms. The number of methoxy groups -OCH3 is 3. The van der Waals surface area contributed by atoms with E-state index in [-0.39, 0.29) is 6.61 Å². The van der Waals surface area contributed by atoms with Gasteiger partial charge in [-0.05, 0) is 36.1 Å². The SMILES string of the molecule is COc1cc(C(O)C#CCOCc2ccc(SC)cc2)cc(OC)c1OC. The fourth-order valence-corrected chi connectivity index (χ4v) is 2.83. The molecule has 6 heteroatoms. The number of aliphatic hydroxyl groups excluding tert-OH is 1. The molecule has 1 atom stereocenters. The van der Waals surface area contributed by atoms with Crippen molar-refractivity contribution in [1.29, 1.82) is 0 Å². The van der Waals surface area contributed by atoms with Crippen molar-refractivity contribution in [3.8, 4) is 29.1 Å². The van der Waals surface area contributed by atoms with Gasteiger partial charge in [0.25, 0.3) is 0 Å². The Morgan fingerprint density at radius 1 is 1.00 bits per heavy atom. The molecule has 2 rings (SSSR count). The van der Waals surface area contributed by atoms with Crippen LogP contribution in [0.3, 0.4) is 0 Å². The van der Waals surface area contributed by atoms with E-state index in [4.69, 9.17) is 18.9 Å². The second-order valence-electron chi connectivity index (χ2n) is 5.52. The quantitative estimate of drug-likeness (QED) is 0.423. The number of benzene rings is 2. The third-order valence-corrected chi connectivity index (χ3v) is 4.59. The molecule has 1 N–H and O–H groups in total. The maximum absolute atomic E-state index is 10.3. The average Bonchev–Trinajstić information content (AvgIpc) is 2.72. The first kappa shape index (κ1) is 21.0. The van der Waals surface area contributed by atoms with Gasteiger partial charge in [0.1, 0.15) is 12.7 Å². The van der Waals surface area contributed by atoms with Gasteiger partial charge in [-0.15, -0.1) is 11.8 Å². The van der Waals surface area contributed by atoms with Gasteiger partial charge in [0.2, 0.25) is 5.75 Å². The van der Waals surface area contributed by atoms with E-state index in [1.807, 2.05) is 18.4 Å². The van der Waals surface area contributed by atoms with Crippen LogP contribution in [0.5, 0.6) is 17.2 Å². The van der Waals surface area contributed by atoms with Crippen molar-refractivity contribution in [2.45, 2.75) is 17.6 Å². The van der Waals surface area contributed by atoms with Crippen molar-refractivity contribution in [2.24, 2.45) is 0 Å². The number of thioether (sulfide) groups is 1. The molecular weight excluding hydrogens is 364 g/mol. The van der Waals surface area contributed by atoms with Crippen LogP contribution in [-0.4, -0.2) is 39.3 Å². The molecule has 0 aliphatic rings. The van der Waals surface area contributed by atoms with Crippen LogP contribution in [0.25, 0.3) is 0 Å². The van der Waals surface area contributed by atoms with Crippen LogP contribution in [0.4, 0.5) is 0 Å². The minimum Gasteiger partial charge on any atom is -0.493 e. The summed E-state index contributed by atoms with van der Waals surface area (Å²) < 4.78 is 21.4. The molecule has 0 heterocycles. The molecular formula is C21H24O5S. The minimum atomic E-state index is -0.983. The third-order valence-electron chi connectivity index (χ3n) is 3.84. The van der Waals surface area contributed by atoms with E-state index >= 15 is 0 Å². The molecule has 0 saturated carbocycles. The molecule has 5 nitrogen and oxygen atoms in total. The van der Waals surface area contributed by atoms with Gasteiger partial charge in [0.05, 0.1) is 27.9 Å². The standard InChI is InChI=1S/C21H24O5S/c1-23-19-12-16(13-20(24-2)21(19)25-3)18(22)6-5-11-26-14-15-7-9-17(27-4)10-8-15/h7-10,12-13,18,22H,11,14H2,1-4H3. The summed E-state index contributed by atoms with van der Waals surface area (Å²) >= 11 is 1.70. The summed E-state index contributed by atoms with van der Waals surface area (Å²) in [4.78, 5) is 1.21. The lowest BCUT2D eigenvalue weighted by molar-refractivity contribution is 0.153. The van der Waals surface area contributed by atoms with E-state index < -0.39 is 6.10 Å². The van der Waals surface area contributed by atoms with Gasteiger partial charge in [-0.25, -0.2) is 0 Å². The highest BCUT2D eigenvalue weighted by Gasteiger charge is 2.16. The Balaban J connectivity index is 1.96. The Labute approximate surface area is 164 Å². The zero-order chi connectivity index (χ0) is 19.6. The van der Waals surface area contributed by atoms with Crippen LogP contribution in [0.15, 0.2) is 41.3 Å². The van der Waals surface area contributed by atoms with Gasteiger partial charge in [-0.1, -0.05) is 24.0 Å². The van der Waals surface area contributed by atoms with Gasteiger partial charge in [0.15, 0.2) is 11.5 Å². The van der Waals surface area contributed by atoms with Gasteiger partial charge < -0.3 is 24.1 Å². The molecule has 0 amide bonds. The molecule has 0 fully saturated rings. The van der Waals surface area contributed by atoms with E-state index in [0.717, 1.165) is 5.56 Å². The maximum atomic E-state index is 10.3. The van der Waals surface area contributed by atoms with E-state index in [1.165, 1.54) is 26.2 Å². The number of aliphatic hydroxyl groups is 1. The summed E-state index contributed by atoms with van der Waals surface area (Å²) in [6.45, 7) is 0.704. The number of hydrogen-bond donors (Lipinski definition) is 1. The Morgan fingerprint density at radius 2 is 1.63 bits per heavy atom. The van der Waals surface area contributed by atoms with Crippen molar-refractivity contribution in [1.82, 2.24) is 0 Å². The van der Waals surface area contributed by atoms with Crippen LogP contribution < -0.4 is 14.2 Å². The molecule has 0 saturated heterocycles. The first-order chi connectivity index (χ1) is 13.1. The highest BCUT2D eigenvalue weighted by Crippen LogP contribution is 2.39. The lowest BCUT2D eigenvalue weighted by atomic mass is 10.1. The first-order valence-electron chi connectivity index (χ1n) is 8.30. The van der Waals surface area contributed by atoms with Crippen LogP contribution >= 0.6 is 11.8 Å². The molecule has 2 aromatic carbocycles. The highest BCUT2D eigenvalue weighted by molar-refractivity contribution is 7.98. The average molecular weight is 388 g/mol. The molecule has 2 aromatic rings. The summed E-state index contributed by atoms with van der Waals surface area (Å²) in [6, 6.07) is 11.5. The molecule has 0 aliphatic carbocycles. The highest BCUT2D eigenvalue weighted by atomic mass is 32.2. The van der Waals surface area contributed by atoms with Crippen molar-refractivity contribution in [2.75, 3.05) is 34.2 Å². The van der Waals surface area contributed by atoms with Crippen molar-refractivity contribution >= 4 is 11.8 Å². The molecule has 0 radical (unpaired) electrons. The van der Waals surface area contributed by atoms with Crippen LogP contribution in [0, 0.1) is 11.8 Å². The molecule has 0 aliphatic heterocycles. The van der Waals surface area contributed by atoms with Gasteiger partial charge in [0, 0.05) is 10.5 Å². The number of hydrogen-bond acceptors (Lipinski definition) is 6. The Morgan fingerprint density at radius 3 is 2.15 bits per heavy atom. The number of rotatable bonds is 8. The second-order valence-corrected chi connectivity index (χ2v) is 6.40. The first-order valence-corrected chi connectivity index (χ1v) is 9.52. The Hall–Kier alpha value is -2.33. The maximum Gasteiger partial charge on any atom is 0.203 e. The van der Waals surface area contributed by atoms with E-state index in [1.54, 1.807) is 23.9 Å². The molecule has 0 aromatic heterocycles. The monoisotopic (exact) mass is 388 g/mol. The van der Waals surface area contributed by atoms with E-state index in [0.29, 0.717) is 29.4 Å². The van der Waals surface area contributed by atoms with Crippen LogP contribution in [0.1, 0.15) is 17.2 Å². The lowest BCUT2D eigenvalue weighted by Crippen LogP contribution is -2.00. The van der Waals surface area contributed by atoms with E-state index in [2.05, 4.69) is 24.0 Å². The van der Waals surface area contributed by atoms with Crippen molar-refractivity contribution < 1.29 is 24.1 Å². The summed E-state index contributed by atoms with van der Waals surface area (Å²) in [7, 11) is 4.58. The topological polar surface area (TPSA) is 57.2 Å². The van der Waals surface area contributed by atoms with Gasteiger partial charge >= 0.3 is 0 Å². The third kappa shape index (κ3) is 5.83. The smallest absolute Gasteiger partial charge is 0.203 e. The zero-order valence-electron chi connectivity index (χ0n) is 15.9. The Bertz CT molecular complexity index is 767. The lowest BCUT2D eigenvalue weighted by Gasteiger charge is -2.14.